The average molecular weight is 361 g/mol. The van der Waals surface area contributed by atoms with Crippen LogP contribution in [0.4, 0.5) is 18.9 Å². The number of nitrogens with zero attached hydrogens (tertiary/aromatic N) is 1. The predicted octanol–water partition coefficient (Wildman–Crippen LogP) is 1.49. The number of ether oxygens (including phenoxy) is 1. The van der Waals surface area contributed by atoms with E-state index in [1.807, 2.05) is 0 Å². The summed E-state index contributed by atoms with van der Waals surface area (Å²) in [6, 6.07) is 4.58. The van der Waals surface area contributed by atoms with Gasteiger partial charge in [0.15, 0.2) is 5.69 Å². The summed E-state index contributed by atoms with van der Waals surface area (Å²) in [6.45, 7) is 0. The van der Waals surface area contributed by atoms with Crippen molar-refractivity contribution in [3.63, 3.8) is 0 Å². The molecule has 1 aromatic heterocycles. The summed E-state index contributed by atoms with van der Waals surface area (Å²) >= 11 is 0. The molecule has 0 bridgehead atoms. The van der Waals surface area contributed by atoms with E-state index in [1.165, 1.54) is 0 Å². The fraction of sp³-hybridized carbons (Fsp3) is 0.0769. The molecule has 7 nitrogen and oxygen atoms in total. The zero-order valence-electron chi connectivity index (χ0n) is 11.7. The molecule has 24 heavy (non-hydrogen) atoms. The number of hydrogen-bond donors (Lipinski definition) is 2. The molecule has 1 aromatic carbocycles. The molecule has 1 heterocycles. The topological polar surface area (TPSA) is 125 Å². The maximum absolute atomic E-state index is 12.4. The molecule has 0 unspecified atom stereocenters. The van der Waals surface area contributed by atoms with Gasteiger partial charge in [-0.1, -0.05) is 0 Å². The zero-order chi connectivity index (χ0) is 18.1. The quantitative estimate of drug-likeness (QED) is 0.850. The van der Waals surface area contributed by atoms with Crippen molar-refractivity contribution in [2.24, 2.45) is 5.73 Å². The maximum Gasteiger partial charge on any atom is 0.573 e. The van der Waals surface area contributed by atoms with E-state index in [9.17, 15) is 26.4 Å². The van der Waals surface area contributed by atoms with Crippen LogP contribution >= 0.6 is 0 Å². The highest BCUT2D eigenvalue weighted by Gasteiger charge is 2.31. The molecule has 0 aliphatic carbocycles. The highest BCUT2D eigenvalue weighted by Crippen LogP contribution is 2.27. The highest BCUT2D eigenvalue weighted by molar-refractivity contribution is 7.91. The van der Waals surface area contributed by atoms with E-state index in [-0.39, 0.29) is 21.2 Å². The Morgan fingerprint density at radius 2 is 1.71 bits per heavy atom. The highest BCUT2D eigenvalue weighted by atomic mass is 32.2. The van der Waals surface area contributed by atoms with Crippen LogP contribution in [-0.2, 0) is 9.84 Å². The van der Waals surface area contributed by atoms with E-state index in [1.54, 1.807) is 0 Å². The first-order valence-corrected chi connectivity index (χ1v) is 7.65. The lowest BCUT2D eigenvalue weighted by Gasteiger charge is -2.10. The fourth-order valence-corrected chi connectivity index (χ4v) is 3.01. The number of hydrogen-bond acceptors (Lipinski definition) is 6. The van der Waals surface area contributed by atoms with Crippen LogP contribution in [0.3, 0.4) is 0 Å². The van der Waals surface area contributed by atoms with E-state index < -0.39 is 27.9 Å². The third-order valence-electron chi connectivity index (χ3n) is 2.80. The number of carbonyl (C=O) groups is 1. The number of sulfone groups is 1. The van der Waals surface area contributed by atoms with Gasteiger partial charge in [-0.15, -0.1) is 13.2 Å². The largest absolute Gasteiger partial charge is 0.573 e. The Bertz CT molecular complexity index is 880. The van der Waals surface area contributed by atoms with Crippen molar-refractivity contribution in [1.29, 1.82) is 0 Å². The van der Waals surface area contributed by atoms with Crippen LogP contribution in [0.2, 0.25) is 0 Å². The van der Waals surface area contributed by atoms with Crippen LogP contribution in [0.15, 0.2) is 46.3 Å². The Labute approximate surface area is 134 Å². The molecule has 0 fully saturated rings. The van der Waals surface area contributed by atoms with Crippen LogP contribution in [0, 0.1) is 0 Å². The summed E-state index contributed by atoms with van der Waals surface area (Å²) in [7, 11) is -4.10. The molecule has 0 saturated carbocycles. The summed E-state index contributed by atoms with van der Waals surface area (Å²) < 4.78 is 64.7. The van der Waals surface area contributed by atoms with Crippen molar-refractivity contribution < 1.29 is 31.1 Å². The van der Waals surface area contributed by atoms with Gasteiger partial charge in [0.25, 0.3) is 5.91 Å². The van der Waals surface area contributed by atoms with Crippen LogP contribution < -0.4 is 16.2 Å². The van der Waals surface area contributed by atoms with Crippen LogP contribution in [0.25, 0.3) is 0 Å². The smallest absolute Gasteiger partial charge is 0.406 e. The van der Waals surface area contributed by atoms with Crippen LogP contribution in [0.5, 0.6) is 5.75 Å². The molecule has 1 amide bonds. The van der Waals surface area contributed by atoms with Gasteiger partial charge in [0, 0.05) is 6.20 Å². The third kappa shape index (κ3) is 3.74. The minimum absolute atomic E-state index is 0.236. The summed E-state index contributed by atoms with van der Waals surface area (Å²) in [6.07, 6.45) is -4.00. The number of nitrogens with two attached hydrogens (primary N) is 2. The van der Waals surface area contributed by atoms with Gasteiger partial charge in [0.05, 0.1) is 15.5 Å². The summed E-state index contributed by atoms with van der Waals surface area (Å²) in [5, 5.41) is 0. The van der Waals surface area contributed by atoms with Crippen LogP contribution in [0.1, 0.15) is 10.5 Å². The Morgan fingerprint density at radius 3 is 2.17 bits per heavy atom. The molecule has 128 valence electrons. The number of carbonyl (C=O) groups excluding carboxylic acids is 1. The number of aromatic nitrogens is 1. The molecule has 0 radical (unpaired) electrons. The number of pyridine rings is 1. The molecule has 0 aliphatic heterocycles. The lowest BCUT2D eigenvalue weighted by atomic mass is 10.3. The first-order chi connectivity index (χ1) is 11.0. The van der Waals surface area contributed by atoms with Crippen molar-refractivity contribution in [2.45, 2.75) is 16.2 Å². The number of anilines is 1. The Balaban J connectivity index is 2.37. The number of nitrogen functional groups attached to an aromatic ring is 1. The second-order valence-electron chi connectivity index (χ2n) is 4.50. The van der Waals surface area contributed by atoms with Gasteiger partial charge < -0.3 is 16.2 Å². The molecule has 2 aromatic rings. The van der Waals surface area contributed by atoms with E-state index in [0.29, 0.717) is 0 Å². The number of alkyl halides is 3. The van der Waals surface area contributed by atoms with E-state index >= 15 is 0 Å². The van der Waals surface area contributed by atoms with Gasteiger partial charge in [-0.2, -0.15) is 0 Å². The Hall–Kier alpha value is -2.82. The van der Waals surface area contributed by atoms with Crippen molar-refractivity contribution in [3.8, 4) is 5.75 Å². The predicted molar refractivity (Wildman–Crippen MR) is 75.7 cm³/mol. The first kappa shape index (κ1) is 17.5. The van der Waals surface area contributed by atoms with Crippen LogP contribution in [-0.4, -0.2) is 25.7 Å². The fourth-order valence-electron chi connectivity index (χ4n) is 1.77. The van der Waals surface area contributed by atoms with Gasteiger partial charge in [0.1, 0.15) is 5.75 Å². The zero-order valence-corrected chi connectivity index (χ0v) is 12.6. The SMILES string of the molecule is NC(=O)c1ncc(S(=O)(=O)c2ccc(OC(F)(F)F)cc2)cc1N. The molecule has 0 spiro atoms. The molecule has 0 aliphatic rings. The minimum Gasteiger partial charge on any atom is -0.406 e. The van der Waals surface area contributed by atoms with Gasteiger partial charge in [-0.05, 0) is 30.3 Å². The lowest BCUT2D eigenvalue weighted by Crippen LogP contribution is -2.17. The van der Waals surface area contributed by atoms with Gasteiger partial charge in [-0.3, -0.25) is 4.79 Å². The van der Waals surface area contributed by atoms with Crippen molar-refractivity contribution >= 4 is 21.4 Å². The number of benzene rings is 1. The number of primary amides is 1. The van der Waals surface area contributed by atoms with E-state index in [2.05, 4.69) is 9.72 Å². The molecular formula is C13H10F3N3O4S. The number of halogens is 3. The lowest BCUT2D eigenvalue weighted by molar-refractivity contribution is -0.274. The molecule has 0 atom stereocenters. The molecule has 2 rings (SSSR count). The number of rotatable bonds is 4. The summed E-state index contributed by atoms with van der Waals surface area (Å²) in [4.78, 5) is 14.0. The minimum atomic E-state index is -4.89. The number of amides is 1. The monoisotopic (exact) mass is 361 g/mol. The van der Waals surface area contributed by atoms with E-state index in [0.717, 1.165) is 36.5 Å². The second kappa shape index (κ2) is 6.00. The summed E-state index contributed by atoms with van der Waals surface area (Å²) in [5.74, 6) is -1.49. The van der Waals surface area contributed by atoms with E-state index in [4.69, 9.17) is 11.5 Å². The molecule has 0 saturated heterocycles. The van der Waals surface area contributed by atoms with Gasteiger partial charge in [-0.25, -0.2) is 13.4 Å². The van der Waals surface area contributed by atoms with Gasteiger partial charge >= 0.3 is 6.36 Å². The molecule has 11 heteroatoms. The Kier molecular flexibility index (Phi) is 4.38. The van der Waals surface area contributed by atoms with Crippen molar-refractivity contribution in [1.82, 2.24) is 4.98 Å². The molecule has 4 N–H and O–H groups in total. The maximum atomic E-state index is 12.4. The second-order valence-corrected chi connectivity index (χ2v) is 6.45. The third-order valence-corrected chi connectivity index (χ3v) is 4.54. The van der Waals surface area contributed by atoms with Crippen molar-refractivity contribution in [3.05, 3.63) is 42.2 Å². The first-order valence-electron chi connectivity index (χ1n) is 6.17. The molecular weight excluding hydrogens is 351 g/mol. The average Bonchev–Trinajstić information content (AvgIpc) is 2.45. The van der Waals surface area contributed by atoms with Gasteiger partial charge in [0.2, 0.25) is 9.84 Å². The summed E-state index contributed by atoms with van der Waals surface area (Å²) in [5.41, 5.74) is 10.0. The van der Waals surface area contributed by atoms with Crippen molar-refractivity contribution in [2.75, 3.05) is 5.73 Å². The normalized spacial score (nSPS) is 12.0. The standard InChI is InChI=1S/C13H10F3N3O4S/c14-13(15,16)23-7-1-3-8(4-2-7)24(21,22)9-5-10(17)11(12(18)20)19-6-9/h1-6H,17H2,(H2,18,20). The Morgan fingerprint density at radius 1 is 1.12 bits per heavy atom.